The van der Waals surface area contributed by atoms with Crippen LogP contribution in [0, 0.1) is 11.8 Å². The number of hydrogen-bond acceptors (Lipinski definition) is 1. The van der Waals surface area contributed by atoms with Crippen LogP contribution < -0.4 is 10.6 Å². The van der Waals surface area contributed by atoms with E-state index in [2.05, 4.69) is 15.6 Å². The first-order valence-corrected chi connectivity index (χ1v) is 7.53. The Morgan fingerprint density at radius 2 is 1.81 bits per heavy atom. The number of halogens is 4. The zero-order chi connectivity index (χ0) is 14.6. The number of guanidine groups is 1. The van der Waals surface area contributed by atoms with Crippen LogP contribution in [0.3, 0.4) is 0 Å². The Balaban J connectivity index is 0.00000220. The topological polar surface area (TPSA) is 36.4 Å². The maximum Gasteiger partial charge on any atom is 0.391 e. The van der Waals surface area contributed by atoms with Crippen molar-refractivity contribution < 1.29 is 13.2 Å². The van der Waals surface area contributed by atoms with Gasteiger partial charge in [-0.05, 0) is 44.4 Å². The number of aliphatic imine (C=N–C) groups is 1. The summed E-state index contributed by atoms with van der Waals surface area (Å²) in [6.07, 6.45) is 1.59. The first-order chi connectivity index (χ1) is 9.49. The van der Waals surface area contributed by atoms with Crippen molar-refractivity contribution in [1.29, 1.82) is 0 Å². The third kappa shape index (κ3) is 5.83. The molecule has 2 unspecified atom stereocenters. The fourth-order valence-corrected chi connectivity index (χ4v) is 2.96. The van der Waals surface area contributed by atoms with E-state index in [9.17, 15) is 13.2 Å². The minimum absolute atomic E-state index is 0. The highest BCUT2D eigenvalue weighted by molar-refractivity contribution is 14.0. The predicted octanol–water partition coefficient (Wildman–Crippen LogP) is 3.69. The molecule has 0 aromatic rings. The molecule has 3 nitrogen and oxygen atoms in total. The van der Waals surface area contributed by atoms with Crippen LogP contribution in [-0.4, -0.2) is 31.8 Å². The van der Waals surface area contributed by atoms with Gasteiger partial charge in [0.15, 0.2) is 5.96 Å². The maximum atomic E-state index is 12.7. The fraction of sp³-hybridized carbons (Fsp3) is 0.929. The zero-order valence-corrected chi connectivity index (χ0v) is 14.7. The standard InChI is InChI=1S/C14H24F3N3.HI/c1-18-13(20-12-6-3-7-12)19-9-10-4-2-5-11(8-10)14(15,16)17;/h10-12H,2-9H2,1H3,(H2,18,19,20);1H. The number of alkyl halides is 3. The Kier molecular flexibility index (Phi) is 7.56. The molecule has 2 aliphatic rings. The van der Waals surface area contributed by atoms with Gasteiger partial charge in [-0.25, -0.2) is 0 Å². The maximum absolute atomic E-state index is 12.7. The van der Waals surface area contributed by atoms with Crippen LogP contribution in [-0.2, 0) is 0 Å². The molecule has 0 heterocycles. The number of nitrogens with one attached hydrogen (secondary N) is 2. The van der Waals surface area contributed by atoms with E-state index in [1.807, 2.05) is 0 Å². The van der Waals surface area contributed by atoms with Crippen molar-refractivity contribution in [2.45, 2.75) is 57.2 Å². The molecule has 0 spiro atoms. The van der Waals surface area contributed by atoms with Gasteiger partial charge in [0.2, 0.25) is 0 Å². The Hall–Kier alpha value is -0.210. The van der Waals surface area contributed by atoms with Gasteiger partial charge in [-0.15, -0.1) is 24.0 Å². The summed E-state index contributed by atoms with van der Waals surface area (Å²) in [6.45, 7) is 0.582. The molecule has 2 atom stereocenters. The van der Waals surface area contributed by atoms with Crippen molar-refractivity contribution in [1.82, 2.24) is 10.6 Å². The van der Waals surface area contributed by atoms with E-state index < -0.39 is 12.1 Å². The highest BCUT2D eigenvalue weighted by atomic mass is 127. The molecule has 0 aromatic carbocycles. The molecule has 2 N–H and O–H groups in total. The summed E-state index contributed by atoms with van der Waals surface area (Å²) in [5.74, 6) is -0.302. The summed E-state index contributed by atoms with van der Waals surface area (Å²) >= 11 is 0. The van der Waals surface area contributed by atoms with Gasteiger partial charge in [0, 0.05) is 19.6 Å². The third-order valence-corrected chi connectivity index (χ3v) is 4.47. The van der Waals surface area contributed by atoms with Gasteiger partial charge in [-0.2, -0.15) is 13.2 Å². The van der Waals surface area contributed by atoms with Crippen molar-refractivity contribution >= 4 is 29.9 Å². The minimum atomic E-state index is -4.04. The highest BCUT2D eigenvalue weighted by Crippen LogP contribution is 2.39. The smallest absolute Gasteiger partial charge is 0.356 e. The zero-order valence-electron chi connectivity index (χ0n) is 12.4. The Labute approximate surface area is 141 Å². The molecule has 0 saturated heterocycles. The van der Waals surface area contributed by atoms with E-state index in [4.69, 9.17) is 0 Å². The Bertz CT molecular complexity index is 343. The average molecular weight is 419 g/mol. The molecule has 124 valence electrons. The number of nitrogens with zero attached hydrogens (tertiary/aromatic N) is 1. The Morgan fingerprint density at radius 3 is 2.33 bits per heavy atom. The molecule has 21 heavy (non-hydrogen) atoms. The largest absolute Gasteiger partial charge is 0.391 e. The van der Waals surface area contributed by atoms with Gasteiger partial charge < -0.3 is 10.6 Å². The summed E-state index contributed by atoms with van der Waals surface area (Å²) in [4.78, 5) is 4.13. The molecule has 0 aliphatic heterocycles. The van der Waals surface area contributed by atoms with Gasteiger partial charge in [-0.3, -0.25) is 4.99 Å². The molecule has 7 heteroatoms. The van der Waals surface area contributed by atoms with Crippen LogP contribution in [0.15, 0.2) is 4.99 Å². The summed E-state index contributed by atoms with van der Waals surface area (Å²) in [6, 6.07) is 0.482. The van der Waals surface area contributed by atoms with E-state index in [0.717, 1.165) is 25.2 Å². The minimum Gasteiger partial charge on any atom is -0.356 e. The monoisotopic (exact) mass is 419 g/mol. The molecule has 2 aliphatic carbocycles. The lowest BCUT2D eigenvalue weighted by atomic mass is 9.81. The van der Waals surface area contributed by atoms with E-state index in [1.54, 1.807) is 7.05 Å². The predicted molar refractivity (Wildman–Crippen MR) is 89.1 cm³/mol. The van der Waals surface area contributed by atoms with E-state index in [0.29, 0.717) is 19.0 Å². The summed E-state index contributed by atoms with van der Waals surface area (Å²) in [5.41, 5.74) is 0. The summed E-state index contributed by atoms with van der Waals surface area (Å²) in [7, 11) is 1.70. The lowest BCUT2D eigenvalue weighted by Gasteiger charge is -2.32. The molecule has 0 bridgehead atoms. The van der Waals surface area contributed by atoms with E-state index in [1.165, 1.54) is 6.42 Å². The molecular weight excluding hydrogens is 394 g/mol. The van der Waals surface area contributed by atoms with Crippen molar-refractivity contribution in [2.24, 2.45) is 16.8 Å². The second kappa shape index (κ2) is 8.43. The highest BCUT2D eigenvalue weighted by Gasteiger charge is 2.42. The molecule has 2 fully saturated rings. The van der Waals surface area contributed by atoms with Crippen molar-refractivity contribution in [3.8, 4) is 0 Å². The lowest BCUT2D eigenvalue weighted by Crippen LogP contribution is -2.47. The molecule has 2 rings (SSSR count). The second-order valence-corrected chi connectivity index (χ2v) is 6.00. The normalized spacial score (nSPS) is 27.5. The number of hydrogen-bond donors (Lipinski definition) is 2. The van der Waals surface area contributed by atoms with E-state index in [-0.39, 0.29) is 42.7 Å². The van der Waals surface area contributed by atoms with Crippen LogP contribution in [0.4, 0.5) is 13.2 Å². The second-order valence-electron chi connectivity index (χ2n) is 6.00. The average Bonchev–Trinajstić information content (AvgIpc) is 2.36. The van der Waals surface area contributed by atoms with Crippen molar-refractivity contribution in [3.05, 3.63) is 0 Å². The van der Waals surface area contributed by atoms with Gasteiger partial charge in [0.25, 0.3) is 0 Å². The molecular formula is C14H25F3IN3. The fourth-order valence-electron chi connectivity index (χ4n) is 2.96. The SMILES string of the molecule is CN=C(NCC1CCCC(C(F)(F)F)C1)NC1CCC1.I. The van der Waals surface area contributed by atoms with Crippen molar-refractivity contribution in [2.75, 3.05) is 13.6 Å². The lowest BCUT2D eigenvalue weighted by molar-refractivity contribution is -0.185. The first-order valence-electron chi connectivity index (χ1n) is 7.53. The molecule has 2 saturated carbocycles. The van der Waals surface area contributed by atoms with E-state index >= 15 is 0 Å². The third-order valence-electron chi connectivity index (χ3n) is 4.47. The van der Waals surface area contributed by atoms with Crippen LogP contribution in [0.1, 0.15) is 44.9 Å². The molecule has 0 aromatic heterocycles. The van der Waals surface area contributed by atoms with Gasteiger partial charge in [0.05, 0.1) is 5.92 Å². The molecule has 0 radical (unpaired) electrons. The quantitative estimate of drug-likeness (QED) is 0.416. The van der Waals surface area contributed by atoms with Crippen molar-refractivity contribution in [3.63, 3.8) is 0 Å². The van der Waals surface area contributed by atoms with Gasteiger partial charge in [0.1, 0.15) is 0 Å². The van der Waals surface area contributed by atoms with Crippen LogP contribution >= 0.6 is 24.0 Å². The summed E-state index contributed by atoms with van der Waals surface area (Å²) in [5, 5.41) is 6.48. The number of rotatable bonds is 3. The Morgan fingerprint density at radius 1 is 1.14 bits per heavy atom. The van der Waals surface area contributed by atoms with Crippen LogP contribution in [0.5, 0.6) is 0 Å². The molecule has 0 amide bonds. The van der Waals surface area contributed by atoms with Gasteiger partial charge >= 0.3 is 6.18 Å². The van der Waals surface area contributed by atoms with Gasteiger partial charge in [-0.1, -0.05) is 6.42 Å². The van der Waals surface area contributed by atoms with Crippen LogP contribution in [0.25, 0.3) is 0 Å². The first kappa shape index (κ1) is 18.8. The summed E-state index contributed by atoms with van der Waals surface area (Å²) < 4.78 is 38.2. The van der Waals surface area contributed by atoms with Crippen LogP contribution in [0.2, 0.25) is 0 Å².